The first-order valence-electron chi connectivity index (χ1n) is 13.0. The molecule has 2 aliphatic carbocycles. The number of hydrogen-bond donors (Lipinski definition) is 0. The highest BCUT2D eigenvalue weighted by Gasteiger charge is 2.30. The van der Waals surface area contributed by atoms with Crippen molar-refractivity contribution in [2.75, 3.05) is 6.61 Å². The Kier molecular flexibility index (Phi) is 9.75. The largest absolute Gasteiger partial charge is 0.462 e. The summed E-state index contributed by atoms with van der Waals surface area (Å²) in [5, 5.41) is 0. The topological polar surface area (TPSA) is 26.3 Å². The van der Waals surface area contributed by atoms with Crippen molar-refractivity contribution in [1.29, 1.82) is 0 Å². The third-order valence-electron chi connectivity index (χ3n) is 7.91. The fraction of sp³-hybridized carbons (Fsp3) is 0.750. The highest BCUT2D eigenvalue weighted by atomic mass is 16.5. The summed E-state index contributed by atoms with van der Waals surface area (Å²) in [6.45, 7) is 4.97. The Morgan fingerprint density at radius 2 is 1.37 bits per heavy atom. The van der Waals surface area contributed by atoms with Crippen LogP contribution in [0.15, 0.2) is 24.3 Å². The van der Waals surface area contributed by atoms with E-state index in [9.17, 15) is 4.79 Å². The molecule has 0 amide bonds. The molecule has 0 N–H and O–H groups in total. The van der Waals surface area contributed by atoms with E-state index in [1.807, 2.05) is 12.1 Å². The summed E-state index contributed by atoms with van der Waals surface area (Å²) >= 11 is 0. The molecular weight excluding hydrogens is 368 g/mol. The minimum absolute atomic E-state index is 0.183. The van der Waals surface area contributed by atoms with E-state index in [1.165, 1.54) is 76.2 Å². The quantitative estimate of drug-likeness (QED) is 0.287. The van der Waals surface area contributed by atoms with Crippen molar-refractivity contribution in [1.82, 2.24) is 0 Å². The molecule has 0 heterocycles. The molecule has 2 heteroatoms. The number of ether oxygens (including phenoxy) is 1. The average molecular weight is 413 g/mol. The van der Waals surface area contributed by atoms with Crippen molar-refractivity contribution in [3.63, 3.8) is 0 Å². The van der Waals surface area contributed by atoms with Gasteiger partial charge >= 0.3 is 5.97 Å². The van der Waals surface area contributed by atoms with E-state index in [2.05, 4.69) is 26.0 Å². The molecule has 0 unspecified atom stereocenters. The van der Waals surface area contributed by atoms with Gasteiger partial charge in [-0.2, -0.15) is 0 Å². The van der Waals surface area contributed by atoms with E-state index < -0.39 is 0 Å². The number of benzene rings is 1. The predicted octanol–water partition coefficient (Wildman–Crippen LogP) is 7.99. The second kappa shape index (κ2) is 12.5. The van der Waals surface area contributed by atoms with Crippen LogP contribution in [-0.4, -0.2) is 12.6 Å². The van der Waals surface area contributed by atoms with Crippen molar-refractivity contribution in [2.24, 2.45) is 23.7 Å². The minimum atomic E-state index is -0.183. The van der Waals surface area contributed by atoms with Crippen LogP contribution in [0.4, 0.5) is 0 Å². The molecule has 0 radical (unpaired) electrons. The van der Waals surface area contributed by atoms with Gasteiger partial charge in [0.15, 0.2) is 0 Å². The second-order valence-corrected chi connectivity index (χ2v) is 10.1. The molecule has 2 fully saturated rings. The summed E-state index contributed by atoms with van der Waals surface area (Å²) in [5.41, 5.74) is 2.04. The zero-order valence-electron chi connectivity index (χ0n) is 19.5. The van der Waals surface area contributed by atoms with Crippen LogP contribution in [0.5, 0.6) is 0 Å². The van der Waals surface area contributed by atoms with Gasteiger partial charge in [0.1, 0.15) is 0 Å². The number of carbonyl (C=O) groups is 1. The van der Waals surface area contributed by atoms with Crippen molar-refractivity contribution in [2.45, 2.75) is 104 Å². The maximum atomic E-state index is 12.0. The van der Waals surface area contributed by atoms with E-state index in [1.54, 1.807) is 0 Å². The SMILES string of the molecule is CCCCOC(=O)c1ccc(CCC2CCC([C@H]3CC[C@H](CCC)CC3)CC2)cc1. The van der Waals surface area contributed by atoms with Gasteiger partial charge in [0.05, 0.1) is 12.2 Å². The van der Waals surface area contributed by atoms with Gasteiger partial charge in [-0.3, -0.25) is 0 Å². The van der Waals surface area contributed by atoms with Crippen LogP contribution < -0.4 is 0 Å². The summed E-state index contributed by atoms with van der Waals surface area (Å²) in [7, 11) is 0. The molecule has 0 atom stereocenters. The number of rotatable bonds is 10. The molecule has 2 nitrogen and oxygen atoms in total. The third kappa shape index (κ3) is 7.13. The van der Waals surface area contributed by atoms with Crippen molar-refractivity contribution in [3.05, 3.63) is 35.4 Å². The normalized spacial score (nSPS) is 27.0. The Labute approximate surface area is 185 Å². The smallest absolute Gasteiger partial charge is 0.338 e. The summed E-state index contributed by atoms with van der Waals surface area (Å²) in [6, 6.07) is 8.12. The summed E-state index contributed by atoms with van der Waals surface area (Å²) in [4.78, 5) is 12.0. The van der Waals surface area contributed by atoms with Gasteiger partial charge in [0.25, 0.3) is 0 Å². The van der Waals surface area contributed by atoms with Crippen LogP contribution in [0.1, 0.15) is 113 Å². The highest BCUT2D eigenvalue weighted by molar-refractivity contribution is 5.89. The zero-order valence-corrected chi connectivity index (χ0v) is 19.5. The fourth-order valence-corrected chi connectivity index (χ4v) is 5.88. The standard InChI is InChI=1S/C28H44O2/c1-3-5-21-30-28(29)27-19-13-24(14-20-27)8-7-23-11-17-26(18-12-23)25-15-9-22(6-4-2)10-16-25/h13-14,19-20,22-23,25-26H,3-12,15-18,21H2,1-2H3/t22-,23?,25-,26?. The lowest BCUT2D eigenvalue weighted by atomic mass is 9.68. The lowest BCUT2D eigenvalue weighted by Gasteiger charge is -2.38. The van der Waals surface area contributed by atoms with Gasteiger partial charge in [0, 0.05) is 0 Å². The molecular formula is C28H44O2. The van der Waals surface area contributed by atoms with Crippen LogP contribution >= 0.6 is 0 Å². The number of aryl methyl sites for hydroxylation is 1. The van der Waals surface area contributed by atoms with Crippen LogP contribution in [0, 0.1) is 23.7 Å². The summed E-state index contributed by atoms with van der Waals surface area (Å²) < 4.78 is 5.30. The van der Waals surface area contributed by atoms with Gasteiger partial charge in [-0.05, 0) is 86.3 Å². The Morgan fingerprint density at radius 1 is 0.800 bits per heavy atom. The Morgan fingerprint density at radius 3 is 1.90 bits per heavy atom. The van der Waals surface area contributed by atoms with E-state index in [0.29, 0.717) is 12.2 Å². The van der Waals surface area contributed by atoms with E-state index >= 15 is 0 Å². The number of carbonyl (C=O) groups excluding carboxylic acids is 1. The number of unbranched alkanes of at least 4 members (excludes halogenated alkanes) is 1. The molecule has 1 aromatic rings. The Balaban J connectivity index is 1.34. The van der Waals surface area contributed by atoms with Crippen molar-refractivity contribution < 1.29 is 9.53 Å². The average Bonchev–Trinajstić information content (AvgIpc) is 2.79. The molecule has 0 spiro atoms. The lowest BCUT2D eigenvalue weighted by molar-refractivity contribution is 0.0499. The van der Waals surface area contributed by atoms with E-state index in [4.69, 9.17) is 4.74 Å². The molecule has 3 rings (SSSR count). The summed E-state index contributed by atoms with van der Waals surface area (Å²) in [5.74, 6) is 3.80. The third-order valence-corrected chi connectivity index (χ3v) is 7.91. The van der Waals surface area contributed by atoms with Crippen LogP contribution in [-0.2, 0) is 11.2 Å². The van der Waals surface area contributed by atoms with Crippen LogP contribution in [0.25, 0.3) is 0 Å². The lowest BCUT2D eigenvalue weighted by Crippen LogP contribution is -2.26. The molecule has 1 aromatic carbocycles. The molecule has 168 valence electrons. The molecule has 0 bridgehead atoms. The summed E-state index contributed by atoms with van der Waals surface area (Å²) in [6.07, 6.45) is 19.1. The number of esters is 1. The highest BCUT2D eigenvalue weighted by Crippen LogP contribution is 2.42. The molecule has 0 saturated heterocycles. The number of hydrogen-bond acceptors (Lipinski definition) is 2. The Hall–Kier alpha value is -1.31. The fourth-order valence-electron chi connectivity index (χ4n) is 5.88. The molecule has 0 aliphatic heterocycles. The maximum Gasteiger partial charge on any atom is 0.338 e. The molecule has 0 aromatic heterocycles. The van der Waals surface area contributed by atoms with E-state index in [-0.39, 0.29) is 5.97 Å². The van der Waals surface area contributed by atoms with Gasteiger partial charge in [-0.15, -0.1) is 0 Å². The van der Waals surface area contributed by atoms with Crippen LogP contribution in [0.3, 0.4) is 0 Å². The van der Waals surface area contributed by atoms with Gasteiger partial charge in [-0.25, -0.2) is 4.79 Å². The van der Waals surface area contributed by atoms with Crippen molar-refractivity contribution in [3.8, 4) is 0 Å². The van der Waals surface area contributed by atoms with Gasteiger partial charge < -0.3 is 4.74 Å². The molecule has 30 heavy (non-hydrogen) atoms. The van der Waals surface area contributed by atoms with Crippen molar-refractivity contribution >= 4 is 5.97 Å². The van der Waals surface area contributed by atoms with Crippen LogP contribution in [0.2, 0.25) is 0 Å². The first kappa shape index (κ1) is 23.4. The first-order chi connectivity index (χ1) is 14.7. The minimum Gasteiger partial charge on any atom is -0.462 e. The molecule has 2 saturated carbocycles. The predicted molar refractivity (Wildman–Crippen MR) is 126 cm³/mol. The zero-order chi connectivity index (χ0) is 21.2. The monoisotopic (exact) mass is 412 g/mol. The maximum absolute atomic E-state index is 12.0. The van der Waals surface area contributed by atoms with Gasteiger partial charge in [0.2, 0.25) is 0 Å². The first-order valence-corrected chi connectivity index (χ1v) is 13.0. The van der Waals surface area contributed by atoms with Gasteiger partial charge in [-0.1, -0.05) is 70.9 Å². The second-order valence-electron chi connectivity index (χ2n) is 10.1. The Bertz CT molecular complexity index is 604. The molecule has 2 aliphatic rings. The van der Waals surface area contributed by atoms with E-state index in [0.717, 1.165) is 42.9 Å².